The predicted octanol–water partition coefficient (Wildman–Crippen LogP) is 4.41. The van der Waals surface area contributed by atoms with Crippen molar-refractivity contribution in [3.05, 3.63) is 51.8 Å². The van der Waals surface area contributed by atoms with Gasteiger partial charge in [-0.05, 0) is 49.6 Å². The Morgan fingerprint density at radius 3 is 2.96 bits per heavy atom. The number of hydrogen-bond acceptors (Lipinski definition) is 3. The highest BCUT2D eigenvalue weighted by molar-refractivity contribution is 7.14. The van der Waals surface area contributed by atoms with Crippen LogP contribution in [-0.4, -0.2) is 24.1 Å². The third-order valence-corrected chi connectivity index (χ3v) is 6.35. The average molecular weight is 369 g/mol. The molecule has 2 heterocycles. The number of fused-ring (bicyclic) bond motifs is 2. The highest BCUT2D eigenvalue weighted by Crippen LogP contribution is 2.39. The SMILES string of the molecule is COc1c(C(=O)NCCCn2ccc3ccccc32)sc2c1CCCC2. The van der Waals surface area contributed by atoms with Gasteiger partial charge in [0.25, 0.3) is 5.91 Å². The van der Waals surface area contributed by atoms with Gasteiger partial charge in [0, 0.05) is 35.2 Å². The molecule has 0 bridgehead atoms. The number of carbonyl (C=O) groups excluding carboxylic acids is 1. The van der Waals surface area contributed by atoms with E-state index in [4.69, 9.17) is 4.74 Å². The number of hydrogen-bond donors (Lipinski definition) is 1. The Hall–Kier alpha value is -2.27. The van der Waals surface area contributed by atoms with Crippen LogP contribution in [0.15, 0.2) is 36.5 Å². The van der Waals surface area contributed by atoms with E-state index < -0.39 is 0 Å². The van der Waals surface area contributed by atoms with Gasteiger partial charge in [-0.15, -0.1) is 11.3 Å². The van der Waals surface area contributed by atoms with E-state index in [1.165, 1.54) is 34.2 Å². The van der Waals surface area contributed by atoms with E-state index in [1.807, 2.05) is 0 Å². The number of amides is 1. The van der Waals surface area contributed by atoms with Gasteiger partial charge in [0.15, 0.2) is 0 Å². The zero-order valence-electron chi connectivity index (χ0n) is 15.1. The Morgan fingerprint density at radius 2 is 2.08 bits per heavy atom. The zero-order chi connectivity index (χ0) is 17.9. The first-order valence-electron chi connectivity index (χ1n) is 9.28. The summed E-state index contributed by atoms with van der Waals surface area (Å²) in [7, 11) is 1.67. The Labute approximate surface area is 157 Å². The molecule has 1 amide bonds. The van der Waals surface area contributed by atoms with E-state index in [9.17, 15) is 4.79 Å². The lowest BCUT2D eigenvalue weighted by molar-refractivity contribution is 0.0954. The minimum absolute atomic E-state index is 0.00128. The fraction of sp³-hybridized carbons (Fsp3) is 0.381. The summed E-state index contributed by atoms with van der Waals surface area (Å²) in [4.78, 5) is 14.7. The highest BCUT2D eigenvalue weighted by atomic mass is 32.1. The molecule has 26 heavy (non-hydrogen) atoms. The summed E-state index contributed by atoms with van der Waals surface area (Å²) in [5, 5.41) is 4.33. The second-order valence-corrected chi connectivity index (χ2v) is 7.86. The van der Waals surface area contributed by atoms with Crippen LogP contribution in [0.25, 0.3) is 10.9 Å². The summed E-state index contributed by atoms with van der Waals surface area (Å²) in [6.07, 6.45) is 7.52. The van der Waals surface area contributed by atoms with Crippen LogP contribution in [0.3, 0.4) is 0 Å². The Kier molecular flexibility index (Phi) is 4.98. The summed E-state index contributed by atoms with van der Waals surface area (Å²) in [6.45, 7) is 1.56. The number of carbonyl (C=O) groups is 1. The van der Waals surface area contributed by atoms with E-state index in [-0.39, 0.29) is 5.91 Å². The van der Waals surface area contributed by atoms with Crippen molar-refractivity contribution < 1.29 is 9.53 Å². The van der Waals surface area contributed by atoms with Crippen LogP contribution >= 0.6 is 11.3 Å². The van der Waals surface area contributed by atoms with E-state index in [2.05, 4.69) is 46.4 Å². The molecule has 0 saturated heterocycles. The van der Waals surface area contributed by atoms with Crippen molar-refractivity contribution in [3.63, 3.8) is 0 Å². The van der Waals surface area contributed by atoms with Crippen molar-refractivity contribution in [2.45, 2.75) is 38.6 Å². The van der Waals surface area contributed by atoms with Gasteiger partial charge in [-0.1, -0.05) is 18.2 Å². The predicted molar refractivity (Wildman–Crippen MR) is 106 cm³/mol. The fourth-order valence-corrected chi connectivity index (χ4v) is 5.04. The number of aromatic nitrogens is 1. The zero-order valence-corrected chi connectivity index (χ0v) is 15.9. The Morgan fingerprint density at radius 1 is 1.23 bits per heavy atom. The number of benzene rings is 1. The maximum atomic E-state index is 12.6. The smallest absolute Gasteiger partial charge is 0.265 e. The third kappa shape index (κ3) is 3.23. The van der Waals surface area contributed by atoms with Gasteiger partial charge < -0.3 is 14.6 Å². The van der Waals surface area contributed by atoms with E-state index in [0.29, 0.717) is 6.54 Å². The molecule has 5 heteroatoms. The van der Waals surface area contributed by atoms with Crippen molar-refractivity contribution in [1.82, 2.24) is 9.88 Å². The van der Waals surface area contributed by atoms with Gasteiger partial charge in [0.05, 0.1) is 7.11 Å². The van der Waals surface area contributed by atoms with E-state index in [0.717, 1.165) is 36.4 Å². The molecule has 1 aromatic carbocycles. The molecule has 1 aliphatic rings. The topological polar surface area (TPSA) is 43.3 Å². The number of nitrogens with one attached hydrogen (secondary N) is 1. The summed E-state index contributed by atoms with van der Waals surface area (Å²) in [5.41, 5.74) is 2.50. The normalized spacial score (nSPS) is 13.6. The van der Waals surface area contributed by atoms with Gasteiger partial charge in [0.2, 0.25) is 0 Å². The maximum absolute atomic E-state index is 12.6. The molecule has 0 unspecified atom stereocenters. The number of thiophene rings is 1. The van der Waals surface area contributed by atoms with Crippen LogP contribution < -0.4 is 10.1 Å². The molecule has 0 radical (unpaired) electrons. The van der Waals surface area contributed by atoms with Crippen molar-refractivity contribution >= 4 is 28.1 Å². The highest BCUT2D eigenvalue weighted by Gasteiger charge is 2.25. The molecule has 1 N–H and O–H groups in total. The van der Waals surface area contributed by atoms with Crippen LogP contribution in [0.4, 0.5) is 0 Å². The number of para-hydroxylation sites is 1. The molecule has 1 aliphatic carbocycles. The molecular formula is C21H24N2O2S. The van der Waals surface area contributed by atoms with Crippen LogP contribution in [0.2, 0.25) is 0 Å². The monoisotopic (exact) mass is 368 g/mol. The minimum atomic E-state index is -0.00128. The fourth-order valence-electron chi connectivity index (χ4n) is 3.77. The summed E-state index contributed by atoms with van der Waals surface area (Å²) >= 11 is 1.61. The molecule has 0 saturated carbocycles. The van der Waals surface area contributed by atoms with E-state index in [1.54, 1.807) is 18.4 Å². The van der Waals surface area contributed by atoms with Gasteiger partial charge in [-0.2, -0.15) is 0 Å². The van der Waals surface area contributed by atoms with Crippen molar-refractivity contribution in [2.24, 2.45) is 0 Å². The lowest BCUT2D eigenvalue weighted by atomic mass is 9.98. The first kappa shape index (κ1) is 17.2. The summed E-state index contributed by atoms with van der Waals surface area (Å²) in [5.74, 6) is 0.803. The largest absolute Gasteiger partial charge is 0.495 e. The summed E-state index contributed by atoms with van der Waals surface area (Å²) in [6, 6.07) is 10.5. The minimum Gasteiger partial charge on any atom is -0.495 e. The summed E-state index contributed by atoms with van der Waals surface area (Å²) < 4.78 is 7.81. The quantitative estimate of drug-likeness (QED) is 0.655. The van der Waals surface area contributed by atoms with Crippen LogP contribution in [0.1, 0.15) is 39.4 Å². The number of aryl methyl sites for hydroxylation is 2. The number of ether oxygens (including phenoxy) is 1. The molecule has 3 aromatic rings. The van der Waals surface area contributed by atoms with Crippen molar-refractivity contribution in [3.8, 4) is 5.75 Å². The molecular weight excluding hydrogens is 344 g/mol. The van der Waals surface area contributed by atoms with Crippen molar-refractivity contribution in [2.75, 3.05) is 13.7 Å². The molecule has 0 aliphatic heterocycles. The molecule has 0 fully saturated rings. The maximum Gasteiger partial charge on any atom is 0.265 e. The number of rotatable bonds is 6. The standard InChI is InChI=1S/C21H24N2O2S/c1-25-19-16-8-3-5-10-18(16)26-20(19)21(24)22-12-6-13-23-14-11-15-7-2-4-9-17(15)23/h2,4,7,9,11,14H,3,5-6,8,10,12-13H2,1H3,(H,22,24). The third-order valence-electron chi connectivity index (χ3n) is 5.07. The van der Waals surface area contributed by atoms with Crippen LogP contribution in [0.5, 0.6) is 5.75 Å². The van der Waals surface area contributed by atoms with Gasteiger partial charge in [-0.25, -0.2) is 0 Å². The second kappa shape index (κ2) is 7.54. The van der Waals surface area contributed by atoms with Gasteiger partial charge in [0.1, 0.15) is 10.6 Å². The second-order valence-electron chi connectivity index (χ2n) is 6.75. The van der Waals surface area contributed by atoms with Crippen molar-refractivity contribution in [1.29, 1.82) is 0 Å². The van der Waals surface area contributed by atoms with E-state index >= 15 is 0 Å². The molecule has 0 spiro atoms. The molecule has 4 rings (SSSR count). The molecule has 0 atom stereocenters. The Balaban J connectivity index is 1.36. The molecule has 4 nitrogen and oxygen atoms in total. The lowest BCUT2D eigenvalue weighted by Crippen LogP contribution is -2.24. The lowest BCUT2D eigenvalue weighted by Gasteiger charge is -2.11. The van der Waals surface area contributed by atoms with Crippen LogP contribution in [0, 0.1) is 0 Å². The van der Waals surface area contributed by atoms with Gasteiger partial charge >= 0.3 is 0 Å². The average Bonchev–Trinajstić information content (AvgIpc) is 3.26. The number of nitrogens with zero attached hydrogens (tertiary/aromatic N) is 1. The first-order chi connectivity index (χ1) is 12.8. The first-order valence-corrected chi connectivity index (χ1v) is 10.1. The number of methoxy groups -OCH3 is 1. The Bertz CT molecular complexity index is 925. The molecule has 136 valence electrons. The van der Waals surface area contributed by atoms with Gasteiger partial charge in [-0.3, -0.25) is 4.79 Å². The van der Waals surface area contributed by atoms with Crippen LogP contribution in [-0.2, 0) is 19.4 Å². The molecule has 2 aromatic heterocycles.